The number of ether oxygens (including phenoxy) is 1. The largest absolute Gasteiger partial charge is 0.496 e. The van der Waals surface area contributed by atoms with Crippen LogP contribution in [0, 0.1) is 13.8 Å². The van der Waals surface area contributed by atoms with Crippen LogP contribution in [0.2, 0.25) is 0 Å². The van der Waals surface area contributed by atoms with E-state index in [1.165, 1.54) is 11.9 Å². The Morgan fingerprint density at radius 2 is 2.10 bits per heavy atom. The molecule has 1 unspecified atom stereocenters. The second-order valence-electron chi connectivity index (χ2n) is 7.67. The highest BCUT2D eigenvalue weighted by Crippen LogP contribution is 2.39. The maximum absolute atomic E-state index is 12.7. The van der Waals surface area contributed by atoms with E-state index in [-0.39, 0.29) is 5.91 Å². The molecule has 9 nitrogen and oxygen atoms in total. The molecule has 1 aromatic rings. The minimum atomic E-state index is -0.397. The molecule has 2 aliphatic heterocycles. The minimum Gasteiger partial charge on any atom is -0.496 e. The van der Waals surface area contributed by atoms with E-state index in [4.69, 9.17) is 15.6 Å². The van der Waals surface area contributed by atoms with Crippen molar-refractivity contribution in [3.05, 3.63) is 34.2 Å². The van der Waals surface area contributed by atoms with Gasteiger partial charge in [-0.15, -0.1) is 0 Å². The van der Waals surface area contributed by atoms with Crippen LogP contribution in [-0.2, 0) is 11.3 Å². The fraction of sp³-hybridized carbons (Fsp3) is 0.450. The number of aryl methyl sites for hydroxylation is 1. The van der Waals surface area contributed by atoms with Gasteiger partial charge < -0.3 is 15.4 Å². The molecular formula is C20H25N7O2S. The Morgan fingerprint density at radius 3 is 2.80 bits per heavy atom. The van der Waals surface area contributed by atoms with Gasteiger partial charge in [0, 0.05) is 37.0 Å². The second kappa shape index (κ2) is 7.75. The SMILES string of the molecule is COc1c(C)cnc(CN2N=C3CCC4=C3C(=N2)C(N)=NSC4C(=O)N(C)C)c1C. The van der Waals surface area contributed by atoms with E-state index >= 15 is 0 Å². The average Bonchev–Trinajstić information content (AvgIpc) is 3.07. The van der Waals surface area contributed by atoms with E-state index < -0.39 is 5.25 Å². The van der Waals surface area contributed by atoms with Crippen LogP contribution in [-0.4, -0.2) is 64.6 Å². The Hall–Kier alpha value is -2.88. The summed E-state index contributed by atoms with van der Waals surface area (Å²) in [5, 5.41) is 10.6. The number of amidine groups is 1. The molecule has 0 saturated carbocycles. The van der Waals surface area contributed by atoms with Crippen LogP contribution in [0.4, 0.5) is 0 Å². The van der Waals surface area contributed by atoms with Crippen molar-refractivity contribution in [3.63, 3.8) is 0 Å². The van der Waals surface area contributed by atoms with Gasteiger partial charge in [-0.1, -0.05) is 0 Å². The summed E-state index contributed by atoms with van der Waals surface area (Å²) < 4.78 is 9.90. The summed E-state index contributed by atoms with van der Waals surface area (Å²) in [6.45, 7) is 4.33. The van der Waals surface area contributed by atoms with E-state index in [1.807, 2.05) is 13.8 Å². The highest BCUT2D eigenvalue weighted by Gasteiger charge is 2.40. The Kier molecular flexibility index (Phi) is 5.27. The highest BCUT2D eigenvalue weighted by molar-refractivity contribution is 7.99. The van der Waals surface area contributed by atoms with Gasteiger partial charge in [-0.3, -0.25) is 9.78 Å². The zero-order valence-corrected chi connectivity index (χ0v) is 18.6. The van der Waals surface area contributed by atoms with E-state index in [2.05, 4.69) is 14.5 Å². The number of carbonyl (C=O) groups is 1. The summed E-state index contributed by atoms with van der Waals surface area (Å²) in [4.78, 5) is 18.8. The van der Waals surface area contributed by atoms with Crippen molar-refractivity contribution in [3.8, 4) is 5.75 Å². The predicted octanol–water partition coefficient (Wildman–Crippen LogP) is 1.80. The van der Waals surface area contributed by atoms with Gasteiger partial charge in [0.1, 0.15) is 23.3 Å². The van der Waals surface area contributed by atoms with E-state index in [0.717, 1.165) is 52.3 Å². The van der Waals surface area contributed by atoms with E-state index in [1.54, 1.807) is 37.4 Å². The van der Waals surface area contributed by atoms with Gasteiger partial charge in [-0.05, 0) is 44.2 Å². The third-order valence-electron chi connectivity index (χ3n) is 5.45. The fourth-order valence-electron chi connectivity index (χ4n) is 3.93. The Balaban J connectivity index is 1.72. The summed E-state index contributed by atoms with van der Waals surface area (Å²) in [6, 6.07) is 0. The van der Waals surface area contributed by atoms with Crippen LogP contribution in [0.15, 0.2) is 31.9 Å². The molecule has 1 amide bonds. The van der Waals surface area contributed by atoms with E-state index in [0.29, 0.717) is 18.1 Å². The molecule has 0 saturated heterocycles. The minimum absolute atomic E-state index is 0.00412. The molecule has 4 rings (SSSR count). The summed E-state index contributed by atoms with van der Waals surface area (Å²) in [6.07, 6.45) is 3.28. The molecule has 0 radical (unpaired) electrons. The topological polar surface area (TPSA) is 109 Å². The first kappa shape index (κ1) is 20.4. The number of hydrazone groups is 2. The first-order valence-electron chi connectivity index (χ1n) is 9.69. The lowest BCUT2D eigenvalue weighted by Crippen LogP contribution is -2.35. The number of hydrogen-bond acceptors (Lipinski definition) is 9. The second-order valence-corrected chi connectivity index (χ2v) is 8.53. The van der Waals surface area contributed by atoms with Gasteiger partial charge in [-0.25, -0.2) is 0 Å². The molecule has 1 atom stereocenters. The van der Waals surface area contributed by atoms with Crippen molar-refractivity contribution in [2.75, 3.05) is 21.2 Å². The molecular weight excluding hydrogens is 402 g/mol. The predicted molar refractivity (Wildman–Crippen MR) is 119 cm³/mol. The van der Waals surface area contributed by atoms with Crippen molar-refractivity contribution in [1.82, 2.24) is 15.0 Å². The fourth-order valence-corrected chi connectivity index (χ4v) is 4.90. The molecule has 3 aliphatic rings. The van der Waals surface area contributed by atoms with Crippen molar-refractivity contribution < 1.29 is 9.53 Å². The normalized spacial score (nSPS) is 20.2. The van der Waals surface area contributed by atoms with Crippen LogP contribution < -0.4 is 10.5 Å². The van der Waals surface area contributed by atoms with Crippen molar-refractivity contribution >= 4 is 35.1 Å². The average molecular weight is 428 g/mol. The van der Waals surface area contributed by atoms with Crippen molar-refractivity contribution in [2.24, 2.45) is 20.3 Å². The van der Waals surface area contributed by atoms with Crippen LogP contribution in [0.25, 0.3) is 0 Å². The number of aromatic nitrogens is 1. The maximum atomic E-state index is 12.7. The zero-order chi connectivity index (χ0) is 21.6. The number of rotatable bonds is 4. The summed E-state index contributed by atoms with van der Waals surface area (Å²) in [5.41, 5.74) is 12.4. The van der Waals surface area contributed by atoms with Crippen LogP contribution in [0.5, 0.6) is 5.75 Å². The number of amides is 1. The van der Waals surface area contributed by atoms with Crippen LogP contribution in [0.1, 0.15) is 29.7 Å². The molecule has 3 heterocycles. The Bertz CT molecular complexity index is 1040. The van der Waals surface area contributed by atoms with Gasteiger partial charge >= 0.3 is 0 Å². The standard InChI is InChI=1S/C20H25N7O2S/c1-10-8-22-14(11(2)17(10)29-5)9-27-23-13-7-6-12-15(13)16(24-27)19(21)25-30-18(12)20(28)26(3)4/h8,18H,6-7,9H2,1-5H3,(H2,21,25). The molecule has 0 spiro atoms. The zero-order valence-electron chi connectivity index (χ0n) is 17.8. The Labute approximate surface area is 179 Å². The molecule has 10 heteroatoms. The first-order valence-corrected chi connectivity index (χ1v) is 10.5. The number of nitrogens with two attached hydrogens (primary N) is 1. The molecule has 158 valence electrons. The molecule has 30 heavy (non-hydrogen) atoms. The van der Waals surface area contributed by atoms with Gasteiger partial charge in [0.15, 0.2) is 5.84 Å². The number of pyridine rings is 1. The summed E-state index contributed by atoms with van der Waals surface area (Å²) in [5.74, 6) is 1.13. The maximum Gasteiger partial charge on any atom is 0.241 e. The van der Waals surface area contributed by atoms with Gasteiger partial charge in [0.25, 0.3) is 0 Å². The van der Waals surface area contributed by atoms with Gasteiger partial charge in [0.2, 0.25) is 5.91 Å². The van der Waals surface area contributed by atoms with Gasteiger partial charge in [0.05, 0.1) is 18.5 Å². The van der Waals surface area contributed by atoms with E-state index in [9.17, 15) is 4.79 Å². The molecule has 2 N–H and O–H groups in total. The Morgan fingerprint density at radius 1 is 1.33 bits per heavy atom. The molecule has 0 aromatic carbocycles. The number of carbonyl (C=O) groups excluding carboxylic acids is 1. The third kappa shape index (κ3) is 3.34. The van der Waals surface area contributed by atoms with Crippen LogP contribution >= 0.6 is 11.9 Å². The first-order chi connectivity index (χ1) is 14.3. The number of nitrogens with zero attached hydrogens (tertiary/aromatic N) is 6. The highest BCUT2D eigenvalue weighted by atomic mass is 32.2. The monoisotopic (exact) mass is 427 g/mol. The van der Waals surface area contributed by atoms with Crippen LogP contribution in [0.3, 0.4) is 0 Å². The number of hydrogen-bond donors (Lipinski definition) is 1. The summed E-state index contributed by atoms with van der Waals surface area (Å²) in [7, 11) is 5.15. The smallest absolute Gasteiger partial charge is 0.241 e. The lowest BCUT2D eigenvalue weighted by Gasteiger charge is -2.23. The molecule has 1 aromatic heterocycles. The molecule has 1 aliphatic carbocycles. The lowest BCUT2D eigenvalue weighted by molar-refractivity contribution is -0.127. The quantitative estimate of drug-likeness (QED) is 0.734. The third-order valence-corrected chi connectivity index (χ3v) is 6.45. The van der Waals surface area contributed by atoms with Crippen molar-refractivity contribution in [1.29, 1.82) is 0 Å². The lowest BCUT2D eigenvalue weighted by atomic mass is 10.0. The van der Waals surface area contributed by atoms with Gasteiger partial charge in [-0.2, -0.15) is 19.7 Å². The molecule has 0 bridgehead atoms. The summed E-state index contributed by atoms with van der Waals surface area (Å²) >= 11 is 1.20. The molecule has 0 fully saturated rings. The number of methoxy groups -OCH3 is 1. The van der Waals surface area contributed by atoms with Crippen molar-refractivity contribution in [2.45, 2.75) is 38.5 Å².